The molecule has 3 aromatic heterocycles. The van der Waals surface area contributed by atoms with E-state index < -0.39 is 0 Å². The Labute approximate surface area is 151 Å². The van der Waals surface area contributed by atoms with E-state index in [0.717, 1.165) is 57.6 Å². The van der Waals surface area contributed by atoms with Crippen LogP contribution < -0.4 is 10.1 Å². The lowest BCUT2D eigenvalue weighted by atomic mass is 10.1. The van der Waals surface area contributed by atoms with Gasteiger partial charge >= 0.3 is 0 Å². The van der Waals surface area contributed by atoms with E-state index in [1.807, 2.05) is 50.5 Å². The van der Waals surface area contributed by atoms with E-state index in [1.165, 1.54) is 5.56 Å². The van der Waals surface area contributed by atoms with E-state index in [4.69, 9.17) is 9.72 Å². The molecule has 6 nitrogen and oxygen atoms in total. The number of aryl methyl sites for hydroxylation is 2. The van der Waals surface area contributed by atoms with Gasteiger partial charge in [-0.2, -0.15) is 5.10 Å². The Kier molecular flexibility index (Phi) is 4.16. The van der Waals surface area contributed by atoms with Crippen LogP contribution in [0.4, 0.5) is 5.69 Å². The first kappa shape index (κ1) is 16.3. The minimum absolute atomic E-state index is 0.731. The summed E-state index contributed by atoms with van der Waals surface area (Å²) in [5.74, 6) is 0.828. The van der Waals surface area contributed by atoms with Gasteiger partial charge in [0.25, 0.3) is 0 Å². The van der Waals surface area contributed by atoms with Crippen LogP contribution in [0.1, 0.15) is 16.8 Å². The molecule has 0 bridgehead atoms. The number of aromatic amines is 1. The molecule has 1 aromatic carbocycles. The van der Waals surface area contributed by atoms with Gasteiger partial charge < -0.3 is 10.1 Å². The number of ether oxygens (including phenoxy) is 1. The molecule has 4 aromatic rings. The van der Waals surface area contributed by atoms with Gasteiger partial charge in [0.2, 0.25) is 0 Å². The Balaban J connectivity index is 1.80. The zero-order valence-electron chi connectivity index (χ0n) is 15.1. The summed E-state index contributed by atoms with van der Waals surface area (Å²) in [6.07, 6.45) is 4.56. The van der Waals surface area contributed by atoms with Gasteiger partial charge in [-0.05, 0) is 55.7 Å². The molecular weight excluding hydrogens is 326 g/mol. The molecule has 26 heavy (non-hydrogen) atoms. The van der Waals surface area contributed by atoms with Gasteiger partial charge in [0.05, 0.1) is 23.7 Å². The van der Waals surface area contributed by atoms with Crippen molar-refractivity contribution in [2.24, 2.45) is 0 Å². The van der Waals surface area contributed by atoms with Crippen molar-refractivity contribution in [1.82, 2.24) is 20.2 Å². The molecule has 0 aliphatic carbocycles. The second-order valence-corrected chi connectivity index (χ2v) is 6.41. The summed E-state index contributed by atoms with van der Waals surface area (Å²) in [6.45, 7) is 4.87. The first-order chi connectivity index (χ1) is 12.7. The van der Waals surface area contributed by atoms with Crippen molar-refractivity contribution in [3.63, 3.8) is 0 Å². The topological polar surface area (TPSA) is 75.7 Å². The quantitative estimate of drug-likeness (QED) is 0.574. The van der Waals surface area contributed by atoms with E-state index >= 15 is 0 Å². The van der Waals surface area contributed by atoms with Crippen LogP contribution in [-0.4, -0.2) is 33.8 Å². The van der Waals surface area contributed by atoms with Gasteiger partial charge in [-0.25, -0.2) is 4.98 Å². The maximum atomic E-state index is 5.47. The fourth-order valence-corrected chi connectivity index (χ4v) is 3.31. The summed E-state index contributed by atoms with van der Waals surface area (Å²) in [5.41, 5.74) is 6.04. The maximum Gasteiger partial charge on any atom is 0.183 e. The fourth-order valence-electron chi connectivity index (χ4n) is 3.31. The summed E-state index contributed by atoms with van der Waals surface area (Å²) < 4.78 is 5.47. The lowest BCUT2D eigenvalue weighted by Gasteiger charge is -2.14. The number of anilines is 1. The predicted molar refractivity (Wildman–Crippen MR) is 104 cm³/mol. The van der Waals surface area contributed by atoms with Crippen LogP contribution in [-0.2, 0) is 6.42 Å². The van der Waals surface area contributed by atoms with Gasteiger partial charge in [-0.3, -0.25) is 10.1 Å². The lowest BCUT2D eigenvalue weighted by molar-refractivity contribution is 0.415. The lowest BCUT2D eigenvalue weighted by Crippen LogP contribution is -2.07. The number of fused-ring (bicyclic) bond motifs is 2. The molecule has 6 heteroatoms. The SMILES string of the molecule is COc1cc(C)c2nc3n[nH]c(C)c3c(NCCc3ccncc3)c2c1. The summed E-state index contributed by atoms with van der Waals surface area (Å²) in [7, 11) is 1.69. The van der Waals surface area contributed by atoms with Crippen LogP contribution >= 0.6 is 0 Å². The first-order valence-electron chi connectivity index (χ1n) is 8.63. The number of nitrogens with zero attached hydrogens (tertiary/aromatic N) is 3. The van der Waals surface area contributed by atoms with Crippen LogP contribution in [0.5, 0.6) is 5.75 Å². The molecule has 4 rings (SSSR count). The average Bonchev–Trinajstić information content (AvgIpc) is 3.03. The number of rotatable bonds is 5. The highest BCUT2D eigenvalue weighted by Gasteiger charge is 2.16. The number of methoxy groups -OCH3 is 1. The summed E-state index contributed by atoms with van der Waals surface area (Å²) in [4.78, 5) is 8.83. The molecule has 0 saturated carbocycles. The summed E-state index contributed by atoms with van der Waals surface area (Å²) in [6, 6.07) is 8.12. The van der Waals surface area contributed by atoms with Crippen LogP contribution in [0.3, 0.4) is 0 Å². The zero-order valence-corrected chi connectivity index (χ0v) is 15.1. The number of nitrogens with one attached hydrogen (secondary N) is 2. The van der Waals surface area contributed by atoms with Crippen LogP contribution in [0.2, 0.25) is 0 Å². The minimum atomic E-state index is 0.731. The Morgan fingerprint density at radius 1 is 1.15 bits per heavy atom. The Bertz CT molecular complexity index is 1070. The number of H-pyrrole nitrogens is 1. The second-order valence-electron chi connectivity index (χ2n) is 6.41. The molecule has 0 amide bonds. The molecule has 0 saturated heterocycles. The molecule has 0 aliphatic heterocycles. The van der Waals surface area contributed by atoms with Crippen molar-refractivity contribution in [3.8, 4) is 5.75 Å². The largest absolute Gasteiger partial charge is 0.497 e. The highest BCUT2D eigenvalue weighted by atomic mass is 16.5. The molecule has 0 atom stereocenters. The Morgan fingerprint density at radius 3 is 2.73 bits per heavy atom. The van der Waals surface area contributed by atoms with Crippen LogP contribution in [0.25, 0.3) is 21.9 Å². The molecule has 0 radical (unpaired) electrons. The van der Waals surface area contributed by atoms with Crippen molar-refractivity contribution >= 4 is 27.6 Å². The van der Waals surface area contributed by atoms with Gasteiger partial charge in [0.15, 0.2) is 5.65 Å². The first-order valence-corrected chi connectivity index (χ1v) is 8.63. The monoisotopic (exact) mass is 347 g/mol. The number of pyridine rings is 2. The predicted octanol–water partition coefficient (Wildman–Crippen LogP) is 3.79. The third-order valence-corrected chi connectivity index (χ3v) is 4.64. The molecule has 0 unspecified atom stereocenters. The van der Waals surface area contributed by atoms with Gasteiger partial charge in [0.1, 0.15) is 5.75 Å². The van der Waals surface area contributed by atoms with Crippen molar-refractivity contribution in [2.75, 3.05) is 19.0 Å². The Morgan fingerprint density at radius 2 is 1.96 bits per heavy atom. The third kappa shape index (κ3) is 2.83. The van der Waals surface area contributed by atoms with E-state index in [1.54, 1.807) is 7.11 Å². The van der Waals surface area contributed by atoms with Gasteiger partial charge in [-0.15, -0.1) is 0 Å². The average molecular weight is 347 g/mol. The molecule has 132 valence electrons. The second kappa shape index (κ2) is 6.63. The molecule has 0 spiro atoms. The van der Waals surface area contributed by atoms with E-state index in [0.29, 0.717) is 0 Å². The highest BCUT2D eigenvalue weighted by molar-refractivity contribution is 6.08. The Hall–Kier alpha value is -3.15. The van der Waals surface area contributed by atoms with E-state index in [9.17, 15) is 0 Å². The van der Waals surface area contributed by atoms with E-state index in [2.05, 4.69) is 20.5 Å². The van der Waals surface area contributed by atoms with Gasteiger partial charge in [0, 0.05) is 30.0 Å². The van der Waals surface area contributed by atoms with Crippen LogP contribution in [0, 0.1) is 13.8 Å². The number of aromatic nitrogens is 4. The normalized spacial score (nSPS) is 11.2. The molecule has 0 fully saturated rings. The van der Waals surface area contributed by atoms with Crippen LogP contribution in [0.15, 0.2) is 36.7 Å². The van der Waals surface area contributed by atoms with Crippen molar-refractivity contribution in [3.05, 3.63) is 53.5 Å². The molecule has 0 aliphatic rings. The van der Waals surface area contributed by atoms with Gasteiger partial charge in [-0.1, -0.05) is 0 Å². The smallest absolute Gasteiger partial charge is 0.183 e. The molecular formula is C20H21N5O. The molecule has 3 heterocycles. The molecule has 2 N–H and O–H groups in total. The summed E-state index contributed by atoms with van der Waals surface area (Å²) in [5, 5.41) is 13.1. The number of benzene rings is 1. The number of hydrogen-bond acceptors (Lipinski definition) is 5. The van der Waals surface area contributed by atoms with Crippen molar-refractivity contribution in [2.45, 2.75) is 20.3 Å². The maximum absolute atomic E-state index is 5.47. The zero-order chi connectivity index (χ0) is 18.1. The van der Waals surface area contributed by atoms with E-state index in [-0.39, 0.29) is 0 Å². The minimum Gasteiger partial charge on any atom is -0.497 e. The number of hydrogen-bond donors (Lipinski definition) is 2. The summed E-state index contributed by atoms with van der Waals surface area (Å²) >= 11 is 0. The highest BCUT2D eigenvalue weighted by Crippen LogP contribution is 2.35. The van der Waals surface area contributed by atoms with Crippen molar-refractivity contribution in [1.29, 1.82) is 0 Å². The van der Waals surface area contributed by atoms with Crippen molar-refractivity contribution < 1.29 is 4.74 Å². The third-order valence-electron chi connectivity index (χ3n) is 4.64. The fraction of sp³-hybridized carbons (Fsp3) is 0.250. The standard InChI is InChI=1S/C20H21N5O/c1-12-10-15(26-3)11-16-18(12)23-20-17(13(2)24-25-20)19(16)22-9-6-14-4-7-21-8-5-14/h4-5,7-8,10-11H,6,9H2,1-3H3,(H2,22,23,24,25).